The Morgan fingerprint density at radius 1 is 1.15 bits per heavy atom. The number of nitrogens with one attached hydrogen (secondary N) is 1. The van der Waals surface area contributed by atoms with Crippen LogP contribution in [0.4, 0.5) is 0 Å². The Labute approximate surface area is 121 Å². The van der Waals surface area contributed by atoms with Gasteiger partial charge in [0, 0.05) is 26.7 Å². The lowest BCUT2D eigenvalue weighted by atomic mass is 10.2. The molecule has 0 aliphatic rings. The second-order valence-corrected chi connectivity index (χ2v) is 6.83. The molecule has 0 atom stereocenters. The van der Waals surface area contributed by atoms with Crippen LogP contribution in [0.15, 0.2) is 29.2 Å². The molecular formula is C14H24N2O3S. The van der Waals surface area contributed by atoms with Crippen LogP contribution in [0.3, 0.4) is 0 Å². The number of nitrogens with zero attached hydrogens (tertiary/aromatic N) is 1. The van der Waals surface area contributed by atoms with Crippen LogP contribution < -0.4 is 5.32 Å². The largest absolute Gasteiger partial charge is 0.396 e. The van der Waals surface area contributed by atoms with Gasteiger partial charge in [-0.3, -0.25) is 0 Å². The van der Waals surface area contributed by atoms with Gasteiger partial charge in [-0.25, -0.2) is 12.7 Å². The van der Waals surface area contributed by atoms with Crippen molar-refractivity contribution in [2.45, 2.75) is 30.7 Å². The quantitative estimate of drug-likeness (QED) is 0.672. The number of aliphatic hydroxyl groups is 1. The first-order valence-corrected chi connectivity index (χ1v) is 8.27. The Bertz CT molecular complexity index is 486. The number of hydrogen-bond donors (Lipinski definition) is 2. The van der Waals surface area contributed by atoms with Crippen molar-refractivity contribution in [3.8, 4) is 0 Å². The summed E-state index contributed by atoms with van der Waals surface area (Å²) in [7, 11) is 0.0376. The maximum absolute atomic E-state index is 12.3. The van der Waals surface area contributed by atoms with Crippen molar-refractivity contribution in [1.29, 1.82) is 0 Å². The number of unbranched alkanes of at least 4 members (excludes halogenated alkanes) is 2. The molecule has 0 saturated carbocycles. The van der Waals surface area contributed by atoms with Gasteiger partial charge in [-0.1, -0.05) is 12.1 Å². The van der Waals surface area contributed by atoms with Crippen molar-refractivity contribution in [2.75, 3.05) is 27.2 Å². The van der Waals surface area contributed by atoms with Crippen LogP contribution in [0.25, 0.3) is 0 Å². The maximum atomic E-state index is 12.3. The average molecular weight is 300 g/mol. The molecule has 5 nitrogen and oxygen atoms in total. The van der Waals surface area contributed by atoms with Crippen LogP contribution in [0.2, 0.25) is 0 Å². The van der Waals surface area contributed by atoms with Crippen molar-refractivity contribution in [3.63, 3.8) is 0 Å². The van der Waals surface area contributed by atoms with Gasteiger partial charge >= 0.3 is 0 Å². The molecule has 1 rings (SSSR count). The minimum absolute atomic E-state index is 0.156. The lowest BCUT2D eigenvalue weighted by molar-refractivity contribution is 0.281. The molecule has 6 heteroatoms. The van der Waals surface area contributed by atoms with Crippen LogP contribution in [0, 0.1) is 0 Å². The molecule has 20 heavy (non-hydrogen) atoms. The van der Waals surface area contributed by atoms with Crippen molar-refractivity contribution in [1.82, 2.24) is 9.62 Å². The smallest absolute Gasteiger partial charge is 0.242 e. The molecule has 1 aromatic rings. The summed E-state index contributed by atoms with van der Waals surface area (Å²) in [4.78, 5) is 0.321. The average Bonchev–Trinajstić information content (AvgIpc) is 2.44. The third-order valence-corrected chi connectivity index (χ3v) is 5.01. The zero-order valence-electron chi connectivity index (χ0n) is 12.2. The number of sulfonamides is 1. The van der Waals surface area contributed by atoms with Gasteiger partial charge < -0.3 is 10.4 Å². The molecule has 0 saturated heterocycles. The van der Waals surface area contributed by atoms with Crippen LogP contribution in [-0.4, -0.2) is 45.1 Å². The third kappa shape index (κ3) is 4.86. The number of rotatable bonds is 9. The Hall–Kier alpha value is -0.950. The summed E-state index contributed by atoms with van der Waals surface area (Å²) in [5.41, 5.74) is 1.05. The molecule has 0 spiro atoms. The molecule has 0 radical (unpaired) electrons. The highest BCUT2D eigenvalue weighted by atomic mass is 32.2. The van der Waals surface area contributed by atoms with Gasteiger partial charge in [0.15, 0.2) is 0 Å². The molecule has 2 N–H and O–H groups in total. The number of aliphatic hydroxyl groups excluding tert-OH is 1. The van der Waals surface area contributed by atoms with Gasteiger partial charge in [0.05, 0.1) is 4.90 Å². The Morgan fingerprint density at radius 2 is 1.80 bits per heavy atom. The molecule has 0 unspecified atom stereocenters. The first kappa shape index (κ1) is 17.1. The Morgan fingerprint density at radius 3 is 2.35 bits per heavy atom. The number of hydrogen-bond acceptors (Lipinski definition) is 4. The Balaban J connectivity index is 2.66. The second-order valence-electron chi connectivity index (χ2n) is 4.79. The molecule has 0 aliphatic heterocycles. The highest BCUT2D eigenvalue weighted by molar-refractivity contribution is 7.89. The van der Waals surface area contributed by atoms with Gasteiger partial charge in [0.25, 0.3) is 0 Å². The fourth-order valence-corrected chi connectivity index (χ4v) is 3.12. The molecule has 0 aliphatic carbocycles. The number of benzene rings is 1. The zero-order chi connectivity index (χ0) is 15.0. The molecule has 0 aromatic heterocycles. The standard InChI is InChI=1S/C14H24N2O3S/c1-15-12-13-6-8-14(9-7-13)20(18,19)16(2)10-4-3-5-11-17/h6-9,15,17H,3-5,10-12H2,1-2H3. The van der Waals surface area contributed by atoms with Crippen LogP contribution in [0.1, 0.15) is 24.8 Å². The lowest BCUT2D eigenvalue weighted by Crippen LogP contribution is -2.28. The van der Waals surface area contributed by atoms with Crippen molar-refractivity contribution in [3.05, 3.63) is 29.8 Å². The van der Waals surface area contributed by atoms with Crippen molar-refractivity contribution < 1.29 is 13.5 Å². The molecule has 1 aromatic carbocycles. The molecule has 0 heterocycles. The van der Waals surface area contributed by atoms with E-state index in [2.05, 4.69) is 5.32 Å². The molecule has 0 fully saturated rings. The molecule has 114 valence electrons. The predicted molar refractivity (Wildman–Crippen MR) is 80.0 cm³/mol. The van der Waals surface area contributed by atoms with E-state index in [4.69, 9.17) is 5.11 Å². The Kier molecular flexibility index (Phi) is 7.15. The fourth-order valence-electron chi connectivity index (χ4n) is 1.91. The molecule has 0 bridgehead atoms. The lowest BCUT2D eigenvalue weighted by Gasteiger charge is -2.17. The van der Waals surface area contributed by atoms with E-state index in [1.54, 1.807) is 19.2 Å². The minimum Gasteiger partial charge on any atom is -0.396 e. The summed E-state index contributed by atoms with van der Waals surface area (Å²) < 4.78 is 26.0. The van der Waals surface area contributed by atoms with Crippen molar-refractivity contribution >= 4 is 10.0 Å². The van der Waals surface area contributed by atoms with E-state index in [0.29, 0.717) is 17.9 Å². The van der Waals surface area contributed by atoms with E-state index in [-0.39, 0.29) is 6.61 Å². The van der Waals surface area contributed by atoms with Crippen LogP contribution >= 0.6 is 0 Å². The molecule has 0 amide bonds. The van der Waals surface area contributed by atoms with E-state index < -0.39 is 10.0 Å². The minimum atomic E-state index is -3.41. The third-order valence-electron chi connectivity index (χ3n) is 3.14. The topological polar surface area (TPSA) is 69.6 Å². The van der Waals surface area contributed by atoms with E-state index in [1.165, 1.54) is 4.31 Å². The normalized spacial score (nSPS) is 12.0. The van der Waals surface area contributed by atoms with Gasteiger partial charge in [-0.15, -0.1) is 0 Å². The van der Waals surface area contributed by atoms with E-state index >= 15 is 0 Å². The van der Waals surface area contributed by atoms with E-state index in [9.17, 15) is 8.42 Å². The predicted octanol–water partition coefficient (Wildman–Crippen LogP) is 1.19. The van der Waals surface area contributed by atoms with Gasteiger partial charge in [-0.05, 0) is 44.0 Å². The van der Waals surface area contributed by atoms with Crippen molar-refractivity contribution in [2.24, 2.45) is 0 Å². The van der Waals surface area contributed by atoms with Gasteiger partial charge in [0.1, 0.15) is 0 Å². The first-order valence-electron chi connectivity index (χ1n) is 6.83. The summed E-state index contributed by atoms with van der Waals surface area (Å²) in [6.07, 6.45) is 2.30. The zero-order valence-corrected chi connectivity index (χ0v) is 13.0. The van der Waals surface area contributed by atoms with Crippen LogP contribution in [-0.2, 0) is 16.6 Å². The monoisotopic (exact) mass is 300 g/mol. The fraction of sp³-hybridized carbons (Fsp3) is 0.571. The second kappa shape index (κ2) is 8.36. The van der Waals surface area contributed by atoms with E-state index in [1.807, 2.05) is 19.2 Å². The van der Waals surface area contributed by atoms with E-state index in [0.717, 1.165) is 24.9 Å². The summed E-state index contributed by atoms with van der Waals surface area (Å²) in [5.74, 6) is 0. The highest BCUT2D eigenvalue weighted by Gasteiger charge is 2.19. The summed E-state index contributed by atoms with van der Waals surface area (Å²) in [6, 6.07) is 6.93. The van der Waals surface area contributed by atoms with Gasteiger partial charge in [-0.2, -0.15) is 0 Å². The van der Waals surface area contributed by atoms with Crippen LogP contribution in [0.5, 0.6) is 0 Å². The summed E-state index contributed by atoms with van der Waals surface area (Å²) in [6.45, 7) is 1.35. The summed E-state index contributed by atoms with van der Waals surface area (Å²) in [5, 5.41) is 11.7. The highest BCUT2D eigenvalue weighted by Crippen LogP contribution is 2.16. The first-order chi connectivity index (χ1) is 9.52. The molecular weight excluding hydrogens is 276 g/mol. The van der Waals surface area contributed by atoms with Gasteiger partial charge in [0.2, 0.25) is 10.0 Å². The summed E-state index contributed by atoms with van der Waals surface area (Å²) >= 11 is 0. The maximum Gasteiger partial charge on any atom is 0.242 e. The SMILES string of the molecule is CNCc1ccc(S(=O)(=O)N(C)CCCCCO)cc1.